The minimum atomic E-state index is 0.0402. The minimum absolute atomic E-state index is 0.0402. The van der Waals surface area contributed by atoms with E-state index in [4.69, 9.17) is 0 Å². The highest BCUT2D eigenvalue weighted by Gasteiger charge is 2.12. The number of hydrogen-bond donors (Lipinski definition) is 2. The van der Waals surface area contributed by atoms with Crippen LogP contribution in [0.2, 0.25) is 0 Å². The number of nitrogens with one attached hydrogen (secondary N) is 2. The Hall–Kier alpha value is -1.35. The van der Waals surface area contributed by atoms with Crippen molar-refractivity contribution in [2.24, 2.45) is 0 Å². The van der Waals surface area contributed by atoms with E-state index in [1.54, 1.807) is 0 Å². The number of aryl methyl sites for hydroxylation is 1. The largest absolute Gasteiger partial charge is 0.352 e. The topological polar surface area (TPSA) is 41.1 Å². The maximum atomic E-state index is 12.0. The SMILES string of the molecule is CCc1ccc(C(=O)NCCC2CCCCN2)cc1. The molecule has 3 heteroatoms. The van der Waals surface area contributed by atoms with Crippen LogP contribution in [0.25, 0.3) is 0 Å². The summed E-state index contributed by atoms with van der Waals surface area (Å²) in [6, 6.07) is 8.45. The Kier molecular flexibility index (Phi) is 5.40. The molecule has 2 rings (SSSR count). The molecule has 1 atom stereocenters. The second-order valence-corrected chi connectivity index (χ2v) is 5.24. The van der Waals surface area contributed by atoms with Gasteiger partial charge >= 0.3 is 0 Å². The molecule has 0 spiro atoms. The first-order valence-corrected chi connectivity index (χ1v) is 7.40. The Balaban J connectivity index is 1.73. The van der Waals surface area contributed by atoms with E-state index >= 15 is 0 Å². The Labute approximate surface area is 115 Å². The minimum Gasteiger partial charge on any atom is -0.352 e. The fourth-order valence-electron chi connectivity index (χ4n) is 2.52. The molecule has 2 N–H and O–H groups in total. The van der Waals surface area contributed by atoms with Crippen LogP contribution >= 0.6 is 0 Å². The average Bonchev–Trinajstić information content (AvgIpc) is 2.48. The first-order valence-electron chi connectivity index (χ1n) is 7.40. The third kappa shape index (κ3) is 4.35. The lowest BCUT2D eigenvalue weighted by molar-refractivity contribution is 0.0951. The third-order valence-electron chi connectivity index (χ3n) is 3.82. The summed E-state index contributed by atoms with van der Waals surface area (Å²) in [6.07, 6.45) is 5.87. The van der Waals surface area contributed by atoms with E-state index in [0.717, 1.165) is 31.5 Å². The van der Waals surface area contributed by atoms with Crippen LogP contribution in [-0.4, -0.2) is 25.0 Å². The van der Waals surface area contributed by atoms with Gasteiger partial charge in [-0.1, -0.05) is 25.5 Å². The Morgan fingerprint density at radius 3 is 2.74 bits per heavy atom. The van der Waals surface area contributed by atoms with Gasteiger partial charge in [-0.3, -0.25) is 4.79 Å². The zero-order valence-corrected chi connectivity index (χ0v) is 11.7. The van der Waals surface area contributed by atoms with Gasteiger partial charge in [0.25, 0.3) is 5.91 Å². The number of amides is 1. The Bertz CT molecular complexity index is 394. The number of carbonyl (C=O) groups excluding carboxylic acids is 1. The van der Waals surface area contributed by atoms with Gasteiger partial charge in [-0.2, -0.15) is 0 Å². The summed E-state index contributed by atoms with van der Waals surface area (Å²) in [4.78, 5) is 12.0. The van der Waals surface area contributed by atoms with Gasteiger partial charge in [0.15, 0.2) is 0 Å². The van der Waals surface area contributed by atoms with Gasteiger partial charge in [-0.15, -0.1) is 0 Å². The van der Waals surface area contributed by atoms with Crippen molar-refractivity contribution >= 4 is 5.91 Å². The predicted octanol–water partition coefficient (Wildman–Crippen LogP) is 2.51. The van der Waals surface area contributed by atoms with Gasteiger partial charge in [-0.05, 0) is 49.9 Å². The number of carbonyl (C=O) groups is 1. The highest BCUT2D eigenvalue weighted by atomic mass is 16.1. The van der Waals surface area contributed by atoms with Crippen LogP contribution in [0.5, 0.6) is 0 Å². The van der Waals surface area contributed by atoms with E-state index in [0.29, 0.717) is 6.04 Å². The van der Waals surface area contributed by atoms with Crippen molar-refractivity contribution in [2.75, 3.05) is 13.1 Å². The number of hydrogen-bond acceptors (Lipinski definition) is 2. The number of benzene rings is 1. The second-order valence-electron chi connectivity index (χ2n) is 5.24. The second kappa shape index (κ2) is 7.29. The Morgan fingerprint density at radius 2 is 2.11 bits per heavy atom. The molecule has 0 bridgehead atoms. The number of rotatable bonds is 5. The molecule has 1 unspecified atom stereocenters. The zero-order valence-electron chi connectivity index (χ0n) is 11.7. The van der Waals surface area contributed by atoms with Crippen LogP contribution in [0.3, 0.4) is 0 Å². The molecule has 0 aromatic heterocycles. The summed E-state index contributed by atoms with van der Waals surface area (Å²) in [7, 11) is 0. The molecule has 1 saturated heterocycles. The van der Waals surface area contributed by atoms with Crippen LogP contribution in [0.4, 0.5) is 0 Å². The van der Waals surface area contributed by atoms with E-state index in [1.165, 1.54) is 24.8 Å². The van der Waals surface area contributed by atoms with E-state index in [-0.39, 0.29) is 5.91 Å². The molecule has 19 heavy (non-hydrogen) atoms. The molecule has 1 amide bonds. The lowest BCUT2D eigenvalue weighted by Crippen LogP contribution is -2.37. The van der Waals surface area contributed by atoms with Crippen molar-refractivity contribution in [2.45, 2.75) is 45.1 Å². The zero-order chi connectivity index (χ0) is 13.5. The third-order valence-corrected chi connectivity index (χ3v) is 3.82. The van der Waals surface area contributed by atoms with E-state index in [1.807, 2.05) is 24.3 Å². The van der Waals surface area contributed by atoms with Crippen molar-refractivity contribution in [1.29, 1.82) is 0 Å². The summed E-state index contributed by atoms with van der Waals surface area (Å²) in [5.74, 6) is 0.0402. The van der Waals surface area contributed by atoms with Gasteiger partial charge in [0.2, 0.25) is 0 Å². The summed E-state index contributed by atoms with van der Waals surface area (Å²) in [5, 5.41) is 6.50. The predicted molar refractivity (Wildman–Crippen MR) is 78.4 cm³/mol. The summed E-state index contributed by atoms with van der Waals surface area (Å²) < 4.78 is 0. The van der Waals surface area contributed by atoms with Crippen molar-refractivity contribution in [3.63, 3.8) is 0 Å². The van der Waals surface area contributed by atoms with E-state index < -0.39 is 0 Å². The van der Waals surface area contributed by atoms with E-state index in [2.05, 4.69) is 17.6 Å². The molecule has 1 aliphatic heterocycles. The van der Waals surface area contributed by atoms with Crippen molar-refractivity contribution in [3.05, 3.63) is 35.4 Å². The smallest absolute Gasteiger partial charge is 0.251 e. The summed E-state index contributed by atoms with van der Waals surface area (Å²) in [6.45, 7) is 4.00. The standard InChI is InChI=1S/C16H24N2O/c1-2-13-6-8-14(9-7-13)16(19)18-12-10-15-5-3-4-11-17-15/h6-9,15,17H,2-5,10-12H2,1H3,(H,18,19). The summed E-state index contributed by atoms with van der Waals surface area (Å²) in [5.41, 5.74) is 2.02. The molecule has 0 radical (unpaired) electrons. The molecule has 1 fully saturated rings. The first kappa shape index (κ1) is 14.1. The monoisotopic (exact) mass is 260 g/mol. The number of piperidine rings is 1. The first-order chi connectivity index (χ1) is 9.29. The molecular weight excluding hydrogens is 236 g/mol. The van der Waals surface area contributed by atoms with Crippen LogP contribution in [0.1, 0.15) is 48.5 Å². The summed E-state index contributed by atoms with van der Waals surface area (Å²) >= 11 is 0. The van der Waals surface area contributed by atoms with Crippen molar-refractivity contribution in [1.82, 2.24) is 10.6 Å². The molecular formula is C16H24N2O. The quantitative estimate of drug-likeness (QED) is 0.854. The molecule has 0 saturated carbocycles. The highest BCUT2D eigenvalue weighted by molar-refractivity contribution is 5.94. The van der Waals surface area contributed by atoms with Crippen LogP contribution in [0, 0.1) is 0 Å². The fraction of sp³-hybridized carbons (Fsp3) is 0.562. The van der Waals surface area contributed by atoms with Gasteiger partial charge in [-0.25, -0.2) is 0 Å². The molecule has 0 aliphatic carbocycles. The van der Waals surface area contributed by atoms with Gasteiger partial charge < -0.3 is 10.6 Å². The molecule has 1 aromatic rings. The van der Waals surface area contributed by atoms with Crippen molar-refractivity contribution < 1.29 is 4.79 Å². The molecule has 1 aliphatic rings. The molecule has 1 heterocycles. The fourth-order valence-corrected chi connectivity index (χ4v) is 2.52. The van der Waals surface area contributed by atoms with Gasteiger partial charge in [0.05, 0.1) is 0 Å². The Morgan fingerprint density at radius 1 is 1.32 bits per heavy atom. The van der Waals surface area contributed by atoms with Gasteiger partial charge in [0, 0.05) is 18.2 Å². The molecule has 1 aromatic carbocycles. The molecule has 104 valence electrons. The normalized spacial score (nSPS) is 19.1. The highest BCUT2D eigenvalue weighted by Crippen LogP contribution is 2.09. The van der Waals surface area contributed by atoms with Crippen LogP contribution < -0.4 is 10.6 Å². The van der Waals surface area contributed by atoms with E-state index in [9.17, 15) is 4.79 Å². The van der Waals surface area contributed by atoms with Gasteiger partial charge in [0.1, 0.15) is 0 Å². The van der Waals surface area contributed by atoms with Crippen molar-refractivity contribution in [3.8, 4) is 0 Å². The maximum Gasteiger partial charge on any atom is 0.251 e. The maximum absolute atomic E-state index is 12.0. The average molecular weight is 260 g/mol. The van der Waals surface area contributed by atoms with Crippen LogP contribution in [0.15, 0.2) is 24.3 Å². The van der Waals surface area contributed by atoms with Crippen LogP contribution in [-0.2, 0) is 6.42 Å². The lowest BCUT2D eigenvalue weighted by Gasteiger charge is -2.23. The molecule has 3 nitrogen and oxygen atoms in total. The lowest BCUT2D eigenvalue weighted by atomic mass is 10.0.